The van der Waals surface area contributed by atoms with Gasteiger partial charge in [-0.15, -0.1) is 0 Å². The zero-order valence-corrected chi connectivity index (χ0v) is 34.8. The van der Waals surface area contributed by atoms with Gasteiger partial charge in [-0.1, -0.05) is 126 Å². The highest BCUT2D eigenvalue weighted by Gasteiger charge is 2.30. The monoisotopic (exact) mass is 833 g/mol. The second-order valence-electron chi connectivity index (χ2n) is 15.0. The normalized spacial score (nSPS) is 13.5. The Morgan fingerprint density at radius 2 is 1.13 bits per heavy atom. The molecule has 5 atom stereocenters. The first kappa shape index (κ1) is 50.1. The third-order valence-electron chi connectivity index (χ3n) is 9.97. The summed E-state index contributed by atoms with van der Waals surface area (Å²) in [4.78, 5) is 99.3. The maximum absolute atomic E-state index is 13.2. The molecule has 2 aromatic rings. The van der Waals surface area contributed by atoms with Crippen molar-refractivity contribution in [1.29, 1.82) is 0 Å². The number of benzene rings is 2. The van der Waals surface area contributed by atoms with E-state index in [1.54, 1.807) is 30.3 Å². The Bertz CT molecular complexity index is 1720. The fourth-order valence-electron chi connectivity index (χ4n) is 6.37. The number of rotatable bonds is 30. The van der Waals surface area contributed by atoms with Crippen LogP contribution in [0.5, 0.6) is 0 Å². The van der Waals surface area contributed by atoms with E-state index in [2.05, 4.69) is 26.6 Å². The van der Waals surface area contributed by atoms with Crippen LogP contribution < -0.4 is 38.1 Å². The lowest BCUT2D eigenvalue weighted by molar-refractivity contribution is -0.133. The Kier molecular flexibility index (Phi) is 23.7. The highest BCUT2D eigenvalue weighted by molar-refractivity contribution is 5.98. The van der Waals surface area contributed by atoms with Gasteiger partial charge >= 0.3 is 5.97 Å². The van der Waals surface area contributed by atoms with E-state index in [4.69, 9.17) is 16.6 Å². The average Bonchev–Trinajstić information content (AvgIpc) is 3.21. The topological polar surface area (TPSA) is 269 Å². The van der Waals surface area contributed by atoms with E-state index in [0.29, 0.717) is 37.4 Å². The molecule has 0 heterocycles. The van der Waals surface area contributed by atoms with E-state index >= 15 is 0 Å². The summed E-state index contributed by atoms with van der Waals surface area (Å²) in [6, 6.07) is 13.9. The van der Waals surface area contributed by atoms with Crippen molar-refractivity contribution in [1.82, 2.24) is 26.6 Å². The van der Waals surface area contributed by atoms with Gasteiger partial charge in [-0.05, 0) is 29.9 Å². The molecule has 2 rings (SSSR count). The minimum atomic E-state index is -1.34. The first-order valence-corrected chi connectivity index (χ1v) is 20.7. The molecule has 60 heavy (non-hydrogen) atoms. The Morgan fingerprint density at radius 3 is 1.65 bits per heavy atom. The van der Waals surface area contributed by atoms with Crippen LogP contribution >= 0.6 is 0 Å². The zero-order chi connectivity index (χ0) is 44.3. The lowest BCUT2D eigenvalue weighted by Gasteiger charge is -2.26. The molecule has 16 heteroatoms. The predicted molar refractivity (Wildman–Crippen MR) is 226 cm³/mol. The summed E-state index contributed by atoms with van der Waals surface area (Å²) in [6.07, 6.45) is 10.2. The highest BCUT2D eigenvalue weighted by Crippen LogP contribution is 2.13. The second kappa shape index (κ2) is 28.4. The number of hydrogen-bond donors (Lipinski definition) is 8. The van der Waals surface area contributed by atoms with E-state index < -0.39 is 72.0 Å². The van der Waals surface area contributed by atoms with Gasteiger partial charge in [-0.2, -0.15) is 0 Å². The number of carbonyl (C=O) groups is 8. The van der Waals surface area contributed by atoms with E-state index in [0.717, 1.165) is 56.6 Å². The number of carbonyl (C=O) groups excluding carboxylic acids is 7. The molecule has 0 aromatic heterocycles. The smallest absolute Gasteiger partial charge is 0.328 e. The number of aliphatic carboxylic acids is 1. The molecule has 0 unspecified atom stereocenters. The quantitative estimate of drug-likeness (QED) is 0.0424. The van der Waals surface area contributed by atoms with E-state index in [1.807, 2.05) is 44.2 Å². The van der Waals surface area contributed by atoms with Crippen LogP contribution in [0.25, 0.3) is 0 Å². The number of amides is 7. The summed E-state index contributed by atoms with van der Waals surface area (Å²) in [5.41, 5.74) is 12.5. The lowest BCUT2D eigenvalue weighted by Crippen LogP contribution is -2.55. The third kappa shape index (κ3) is 21.1. The van der Waals surface area contributed by atoms with Crippen molar-refractivity contribution in [3.63, 3.8) is 0 Å². The van der Waals surface area contributed by atoms with Gasteiger partial charge in [-0.25, -0.2) is 4.79 Å². The van der Waals surface area contributed by atoms with E-state index in [1.165, 1.54) is 0 Å². The molecule has 0 aliphatic carbocycles. The van der Waals surface area contributed by atoms with Gasteiger partial charge in [0.05, 0.1) is 6.42 Å². The maximum Gasteiger partial charge on any atom is 0.328 e. The van der Waals surface area contributed by atoms with Crippen molar-refractivity contribution in [2.24, 2.45) is 17.4 Å². The minimum absolute atomic E-state index is 0.0418. The summed E-state index contributed by atoms with van der Waals surface area (Å²) in [5.74, 6) is -5.75. The molecule has 2 aromatic carbocycles. The van der Waals surface area contributed by atoms with Crippen molar-refractivity contribution in [2.75, 3.05) is 6.54 Å². The van der Waals surface area contributed by atoms with Crippen molar-refractivity contribution in [3.8, 4) is 0 Å². The number of nitrogens with one attached hydrogen (secondary N) is 5. The van der Waals surface area contributed by atoms with Gasteiger partial charge < -0.3 is 43.2 Å². The van der Waals surface area contributed by atoms with Crippen LogP contribution in [0.2, 0.25) is 0 Å². The molecular formula is C44H63N7O9. The summed E-state index contributed by atoms with van der Waals surface area (Å²) >= 11 is 0. The van der Waals surface area contributed by atoms with Gasteiger partial charge in [-0.3, -0.25) is 33.6 Å². The van der Waals surface area contributed by atoms with Crippen LogP contribution in [0, 0.1) is 5.92 Å². The number of carboxylic acids is 1. The van der Waals surface area contributed by atoms with Crippen LogP contribution in [0.3, 0.4) is 0 Å². The van der Waals surface area contributed by atoms with Gasteiger partial charge in [0.25, 0.3) is 0 Å². The van der Waals surface area contributed by atoms with Crippen LogP contribution in [0.15, 0.2) is 72.8 Å². The lowest BCUT2D eigenvalue weighted by atomic mass is 9.97. The number of primary amides is 2. The summed E-state index contributed by atoms with van der Waals surface area (Å²) in [6.45, 7) is 4.13. The SMILES string of the molecule is CC[C@@H](C)[C@H](NC(=O)CCCCCCCCCCCNC(=O)[C@H](CC(N)=O)NC(=O)[C@H](Cc1ccccc1)NC(=O)/C=C/C(=O)O)C(=O)N[C@@H](Cc1ccccc1)C(N)=O. The summed E-state index contributed by atoms with van der Waals surface area (Å²) in [7, 11) is 0. The number of carboxylic acid groups (broad SMARTS) is 1. The number of unbranched alkanes of at least 4 members (excludes halogenated alkanes) is 8. The average molecular weight is 834 g/mol. The number of nitrogens with two attached hydrogens (primary N) is 2. The Balaban J connectivity index is 1.69. The van der Waals surface area contributed by atoms with Gasteiger partial charge in [0.1, 0.15) is 24.2 Å². The first-order valence-electron chi connectivity index (χ1n) is 20.7. The summed E-state index contributed by atoms with van der Waals surface area (Å²) in [5, 5.41) is 22.1. The van der Waals surface area contributed by atoms with Crippen LogP contribution in [0.1, 0.15) is 102 Å². The third-order valence-corrected chi connectivity index (χ3v) is 9.97. The molecule has 0 saturated carbocycles. The largest absolute Gasteiger partial charge is 0.478 e. The Hall–Kier alpha value is -6.06. The molecule has 328 valence electrons. The van der Waals surface area contributed by atoms with E-state index in [-0.39, 0.29) is 31.1 Å². The molecule has 10 N–H and O–H groups in total. The van der Waals surface area contributed by atoms with Crippen molar-refractivity contribution >= 4 is 47.3 Å². The van der Waals surface area contributed by atoms with Crippen molar-refractivity contribution < 1.29 is 43.5 Å². The number of hydrogen-bond acceptors (Lipinski definition) is 8. The van der Waals surface area contributed by atoms with Gasteiger partial charge in [0.15, 0.2) is 0 Å². The molecule has 0 spiro atoms. The predicted octanol–water partition coefficient (Wildman–Crippen LogP) is 2.48. The second-order valence-corrected chi connectivity index (χ2v) is 15.0. The molecule has 0 aliphatic heterocycles. The molecule has 0 fully saturated rings. The maximum atomic E-state index is 13.2. The molecule has 0 radical (unpaired) electrons. The molecule has 7 amide bonds. The standard InChI is InChI=1S/C44H63N7O9/c1-3-30(2)40(44(60)49-33(41(46)57)27-31-19-13-11-14-20-31)51-37(53)23-17-9-7-5-4-6-8-10-18-26-47-42(58)35(29-36(45)52)50-43(59)34(28-32-21-15-12-16-22-32)48-38(54)24-25-39(55)56/h11-16,19-22,24-25,30,33-35,40H,3-10,17-18,23,26-29H2,1-2H3,(H2,45,52)(H2,46,57)(H,47,58)(H,48,54)(H,49,60)(H,50,59)(H,51,53)(H,55,56)/b25-24+/t30-,33+,34+,35+,40+/m1/s1. The van der Waals surface area contributed by atoms with Gasteiger partial charge in [0.2, 0.25) is 41.4 Å². The fraction of sp³-hybridized carbons (Fsp3) is 0.500. The fourth-order valence-corrected chi connectivity index (χ4v) is 6.37. The molecular weight excluding hydrogens is 771 g/mol. The molecule has 0 aliphatic rings. The van der Waals surface area contributed by atoms with Crippen molar-refractivity contribution in [3.05, 3.63) is 83.9 Å². The first-order chi connectivity index (χ1) is 28.7. The van der Waals surface area contributed by atoms with Crippen LogP contribution in [-0.2, 0) is 51.2 Å². The molecule has 16 nitrogen and oxygen atoms in total. The zero-order valence-electron chi connectivity index (χ0n) is 34.8. The minimum Gasteiger partial charge on any atom is -0.478 e. The van der Waals surface area contributed by atoms with E-state index in [9.17, 15) is 38.4 Å². The highest BCUT2D eigenvalue weighted by atomic mass is 16.4. The molecule has 0 bridgehead atoms. The summed E-state index contributed by atoms with van der Waals surface area (Å²) < 4.78 is 0. The Labute approximate surface area is 352 Å². The van der Waals surface area contributed by atoms with Crippen LogP contribution in [-0.4, -0.2) is 83.1 Å². The molecule has 0 saturated heterocycles. The van der Waals surface area contributed by atoms with Crippen molar-refractivity contribution in [2.45, 2.75) is 128 Å². The Morgan fingerprint density at radius 1 is 0.617 bits per heavy atom. The van der Waals surface area contributed by atoms with Gasteiger partial charge in [0, 0.05) is 38.0 Å². The van der Waals surface area contributed by atoms with Crippen LogP contribution in [0.4, 0.5) is 0 Å².